The van der Waals surface area contributed by atoms with Crippen LogP contribution in [0.25, 0.3) is 21.3 Å². The monoisotopic (exact) mass is 499 g/mol. The van der Waals surface area contributed by atoms with E-state index in [1.165, 1.54) is 53.8 Å². The number of rotatable bonds is 8. The lowest BCUT2D eigenvalue weighted by Crippen LogP contribution is -2.40. The molecule has 4 aromatic rings. The van der Waals surface area contributed by atoms with Gasteiger partial charge in [0.05, 0.1) is 21.5 Å². The lowest BCUT2D eigenvalue weighted by molar-refractivity contribution is -0.139. The standard InChI is InChI=1S/C25H20F3N3O3S/c1-2-3-21(24(33)34)29-23(32)16-7-4-13(10-17(16)27)14-5-8-19(18(28)11-14)30-25-31-20-9-6-15(26)12-22(20)35-25/h4-12,21H,2-3H2,1H3,(H,29,32)(H,30,31)(H,33,34)/t21-/m0/s1. The summed E-state index contributed by atoms with van der Waals surface area (Å²) in [5.41, 5.74) is 1.13. The van der Waals surface area contributed by atoms with E-state index in [1.54, 1.807) is 13.0 Å². The van der Waals surface area contributed by atoms with Gasteiger partial charge in [0.25, 0.3) is 5.91 Å². The molecular weight excluding hydrogens is 479 g/mol. The Morgan fingerprint density at radius 2 is 1.71 bits per heavy atom. The first kappa shape index (κ1) is 24.2. The number of thiazole rings is 1. The number of hydrogen-bond acceptors (Lipinski definition) is 5. The molecule has 180 valence electrons. The fourth-order valence-electron chi connectivity index (χ4n) is 3.52. The number of carbonyl (C=O) groups is 2. The van der Waals surface area contributed by atoms with Crippen molar-refractivity contribution in [3.05, 3.63) is 77.6 Å². The number of amides is 1. The highest BCUT2D eigenvalue weighted by molar-refractivity contribution is 7.22. The highest BCUT2D eigenvalue weighted by Gasteiger charge is 2.22. The Hall–Kier alpha value is -3.92. The summed E-state index contributed by atoms with van der Waals surface area (Å²) >= 11 is 1.18. The van der Waals surface area contributed by atoms with Crippen molar-refractivity contribution in [3.63, 3.8) is 0 Å². The van der Waals surface area contributed by atoms with Crippen LogP contribution in [0.4, 0.5) is 24.0 Å². The van der Waals surface area contributed by atoms with E-state index in [4.69, 9.17) is 0 Å². The van der Waals surface area contributed by atoms with Crippen LogP contribution in [0.5, 0.6) is 0 Å². The molecule has 1 amide bonds. The Bertz CT molecular complexity index is 1420. The summed E-state index contributed by atoms with van der Waals surface area (Å²) in [5, 5.41) is 14.8. The quantitative estimate of drug-likeness (QED) is 0.272. The molecule has 0 saturated carbocycles. The number of aromatic nitrogens is 1. The number of carbonyl (C=O) groups excluding carboxylic acids is 1. The number of fused-ring (bicyclic) bond motifs is 1. The van der Waals surface area contributed by atoms with E-state index in [9.17, 15) is 27.9 Å². The minimum Gasteiger partial charge on any atom is -0.480 e. The third-order valence-corrected chi connectivity index (χ3v) is 6.22. The number of nitrogens with zero attached hydrogens (tertiary/aromatic N) is 1. The molecule has 6 nitrogen and oxygen atoms in total. The first-order valence-corrected chi connectivity index (χ1v) is 11.5. The number of benzene rings is 3. The predicted molar refractivity (Wildman–Crippen MR) is 128 cm³/mol. The molecule has 1 atom stereocenters. The van der Waals surface area contributed by atoms with Gasteiger partial charge in [-0.05, 0) is 60.0 Å². The molecular formula is C25H20F3N3O3S. The highest BCUT2D eigenvalue weighted by Crippen LogP contribution is 2.31. The van der Waals surface area contributed by atoms with Crippen molar-refractivity contribution in [3.8, 4) is 11.1 Å². The predicted octanol–water partition coefficient (Wildman–Crippen LogP) is 6.11. The summed E-state index contributed by atoms with van der Waals surface area (Å²) in [5.74, 6) is -3.89. The van der Waals surface area contributed by atoms with Crippen LogP contribution in [-0.2, 0) is 4.79 Å². The first-order chi connectivity index (χ1) is 16.7. The lowest BCUT2D eigenvalue weighted by Gasteiger charge is -2.14. The topological polar surface area (TPSA) is 91.3 Å². The number of anilines is 2. The van der Waals surface area contributed by atoms with E-state index < -0.39 is 29.6 Å². The average molecular weight is 500 g/mol. The Balaban J connectivity index is 1.52. The molecule has 3 aromatic carbocycles. The summed E-state index contributed by atoms with van der Waals surface area (Å²) < 4.78 is 43.5. The second-order valence-electron chi connectivity index (χ2n) is 7.80. The maximum atomic E-state index is 14.8. The molecule has 0 aliphatic carbocycles. The summed E-state index contributed by atoms with van der Waals surface area (Å²) in [6.45, 7) is 1.78. The van der Waals surface area contributed by atoms with Crippen molar-refractivity contribution in [1.29, 1.82) is 0 Å². The van der Waals surface area contributed by atoms with E-state index in [0.29, 0.717) is 32.9 Å². The Labute approximate surface area is 202 Å². The number of halogens is 3. The molecule has 3 N–H and O–H groups in total. The van der Waals surface area contributed by atoms with E-state index in [1.807, 2.05) is 0 Å². The Kier molecular flexibility index (Phi) is 7.02. The zero-order valence-corrected chi connectivity index (χ0v) is 19.3. The first-order valence-electron chi connectivity index (χ1n) is 10.7. The van der Waals surface area contributed by atoms with Crippen LogP contribution in [0.3, 0.4) is 0 Å². The third-order valence-electron chi connectivity index (χ3n) is 5.29. The van der Waals surface area contributed by atoms with Crippen molar-refractivity contribution in [1.82, 2.24) is 10.3 Å². The molecule has 1 aromatic heterocycles. The molecule has 35 heavy (non-hydrogen) atoms. The van der Waals surface area contributed by atoms with Gasteiger partial charge in [-0.25, -0.2) is 22.9 Å². The molecule has 0 aliphatic rings. The average Bonchev–Trinajstić information content (AvgIpc) is 3.21. The fourth-order valence-corrected chi connectivity index (χ4v) is 4.43. The lowest BCUT2D eigenvalue weighted by atomic mass is 10.0. The zero-order valence-electron chi connectivity index (χ0n) is 18.4. The van der Waals surface area contributed by atoms with Gasteiger partial charge in [0.1, 0.15) is 23.5 Å². The molecule has 0 aliphatic heterocycles. The Morgan fingerprint density at radius 3 is 2.37 bits per heavy atom. The van der Waals surface area contributed by atoms with E-state index in [2.05, 4.69) is 15.6 Å². The molecule has 10 heteroatoms. The van der Waals surface area contributed by atoms with Gasteiger partial charge in [0.2, 0.25) is 0 Å². The summed E-state index contributed by atoms with van der Waals surface area (Å²) in [4.78, 5) is 27.9. The molecule has 4 rings (SSSR count). The van der Waals surface area contributed by atoms with Crippen molar-refractivity contribution in [2.45, 2.75) is 25.8 Å². The van der Waals surface area contributed by atoms with Crippen LogP contribution in [0.2, 0.25) is 0 Å². The van der Waals surface area contributed by atoms with Gasteiger partial charge in [-0.3, -0.25) is 4.79 Å². The van der Waals surface area contributed by atoms with Gasteiger partial charge >= 0.3 is 5.97 Å². The fraction of sp³-hybridized carbons (Fsp3) is 0.160. The highest BCUT2D eigenvalue weighted by atomic mass is 32.1. The van der Waals surface area contributed by atoms with Crippen molar-refractivity contribution in [2.24, 2.45) is 0 Å². The van der Waals surface area contributed by atoms with Crippen LogP contribution in [0.1, 0.15) is 30.1 Å². The molecule has 0 bridgehead atoms. The van der Waals surface area contributed by atoms with E-state index >= 15 is 0 Å². The van der Waals surface area contributed by atoms with Crippen molar-refractivity contribution in [2.75, 3.05) is 5.32 Å². The number of aliphatic carboxylic acids is 1. The Morgan fingerprint density at radius 1 is 1.00 bits per heavy atom. The second kappa shape index (κ2) is 10.1. The van der Waals surface area contributed by atoms with E-state index in [-0.39, 0.29) is 23.5 Å². The van der Waals surface area contributed by atoms with Gasteiger partial charge in [-0.15, -0.1) is 0 Å². The number of nitrogens with one attached hydrogen (secondary N) is 2. The van der Waals surface area contributed by atoms with Crippen molar-refractivity contribution < 1.29 is 27.9 Å². The molecule has 1 heterocycles. The third kappa shape index (κ3) is 5.43. The normalized spacial score (nSPS) is 11.9. The van der Waals surface area contributed by atoms with Crippen LogP contribution in [0, 0.1) is 17.5 Å². The zero-order chi connectivity index (χ0) is 25.1. The van der Waals surface area contributed by atoms with Crippen LogP contribution in [-0.4, -0.2) is 28.0 Å². The van der Waals surface area contributed by atoms with Crippen LogP contribution in [0.15, 0.2) is 54.6 Å². The molecule has 0 unspecified atom stereocenters. The van der Waals surface area contributed by atoms with Gasteiger partial charge in [0.15, 0.2) is 5.13 Å². The summed E-state index contributed by atoms with van der Waals surface area (Å²) in [7, 11) is 0. The van der Waals surface area contributed by atoms with E-state index in [0.717, 1.165) is 6.07 Å². The van der Waals surface area contributed by atoms with Gasteiger partial charge in [-0.1, -0.05) is 36.8 Å². The summed E-state index contributed by atoms with van der Waals surface area (Å²) in [6.07, 6.45) is 0.751. The minimum absolute atomic E-state index is 0.139. The van der Waals surface area contributed by atoms with Crippen LogP contribution < -0.4 is 10.6 Å². The second-order valence-corrected chi connectivity index (χ2v) is 8.83. The maximum Gasteiger partial charge on any atom is 0.326 e. The van der Waals surface area contributed by atoms with Crippen molar-refractivity contribution >= 4 is 44.2 Å². The van der Waals surface area contributed by atoms with Gasteiger partial charge in [0, 0.05) is 0 Å². The molecule has 0 fully saturated rings. The number of hydrogen-bond donors (Lipinski definition) is 3. The number of carboxylic acid groups (broad SMARTS) is 1. The molecule has 0 spiro atoms. The largest absolute Gasteiger partial charge is 0.480 e. The molecule has 0 saturated heterocycles. The number of carboxylic acids is 1. The van der Waals surface area contributed by atoms with Crippen LogP contribution >= 0.6 is 11.3 Å². The molecule has 0 radical (unpaired) electrons. The summed E-state index contributed by atoms with van der Waals surface area (Å²) in [6, 6.07) is 11.1. The SMILES string of the molecule is CCC[C@H](NC(=O)c1ccc(-c2ccc(Nc3nc4ccc(F)cc4s3)c(F)c2)cc1F)C(=O)O. The minimum atomic E-state index is -1.19. The van der Waals surface area contributed by atoms with Gasteiger partial charge in [-0.2, -0.15) is 0 Å². The maximum absolute atomic E-state index is 14.8. The smallest absolute Gasteiger partial charge is 0.326 e. The van der Waals surface area contributed by atoms with Gasteiger partial charge < -0.3 is 15.7 Å².